The van der Waals surface area contributed by atoms with Gasteiger partial charge in [0.1, 0.15) is 18.7 Å². The highest BCUT2D eigenvalue weighted by Gasteiger charge is 2.46. The molecule has 0 aromatic rings. The van der Waals surface area contributed by atoms with Gasteiger partial charge in [-0.15, -0.1) is 0 Å². The summed E-state index contributed by atoms with van der Waals surface area (Å²) in [7, 11) is 1.44. The van der Waals surface area contributed by atoms with Crippen LogP contribution in [-0.2, 0) is 23.9 Å². The maximum Gasteiger partial charge on any atom is 0.318 e. The first-order valence-electron chi connectivity index (χ1n) is 10.3. The summed E-state index contributed by atoms with van der Waals surface area (Å²) in [5, 5.41) is 2.83. The standard InChI is InChI=1S/C20H34N4O6/c1-12(2)20(3,4)10-13(22-19(28)24-6-8-29-9-7-24)18(27)23(5)15-14(25)11-30-16(15)17(21)26/h12-13,15-16H,6-11H2,1-5H3,(H2,21,26)(H,22,28)/t13-,15?,16?/m0/s1. The number of ether oxygens (including phenoxy) is 2. The molecule has 3 atom stereocenters. The maximum atomic E-state index is 13.4. The molecule has 0 bridgehead atoms. The Morgan fingerprint density at radius 3 is 2.40 bits per heavy atom. The van der Waals surface area contributed by atoms with E-state index in [-0.39, 0.29) is 24.0 Å². The third-order valence-corrected chi connectivity index (χ3v) is 6.25. The number of nitrogens with two attached hydrogens (primary N) is 1. The molecule has 0 aliphatic carbocycles. The van der Waals surface area contributed by atoms with Gasteiger partial charge in [-0.3, -0.25) is 14.4 Å². The highest BCUT2D eigenvalue weighted by Crippen LogP contribution is 2.32. The van der Waals surface area contributed by atoms with E-state index in [0.29, 0.717) is 32.7 Å². The Morgan fingerprint density at radius 1 is 1.27 bits per heavy atom. The third kappa shape index (κ3) is 5.48. The lowest BCUT2D eigenvalue weighted by Gasteiger charge is -2.37. The van der Waals surface area contributed by atoms with Crippen LogP contribution in [0, 0.1) is 11.3 Å². The van der Waals surface area contributed by atoms with E-state index < -0.39 is 35.8 Å². The summed E-state index contributed by atoms with van der Waals surface area (Å²) >= 11 is 0. The number of Topliss-reactive ketones (excluding diaryl/α,β-unsaturated/α-hetero) is 1. The number of hydrogen-bond acceptors (Lipinski definition) is 6. The lowest BCUT2D eigenvalue weighted by molar-refractivity contribution is -0.141. The molecule has 2 fully saturated rings. The number of morpholine rings is 1. The van der Waals surface area contributed by atoms with Gasteiger partial charge in [0.15, 0.2) is 11.9 Å². The molecule has 2 aliphatic rings. The van der Waals surface area contributed by atoms with Gasteiger partial charge in [-0.1, -0.05) is 27.7 Å². The summed E-state index contributed by atoms with van der Waals surface area (Å²) in [6.07, 6.45) is -0.826. The van der Waals surface area contributed by atoms with E-state index in [2.05, 4.69) is 5.32 Å². The minimum Gasteiger partial charge on any atom is -0.378 e. The Bertz CT molecular complexity index is 674. The summed E-state index contributed by atoms with van der Waals surface area (Å²) in [6.45, 7) is 9.62. The molecule has 0 radical (unpaired) electrons. The second kappa shape index (κ2) is 9.74. The molecule has 2 saturated heterocycles. The Morgan fingerprint density at radius 2 is 1.87 bits per heavy atom. The van der Waals surface area contributed by atoms with E-state index in [0.717, 1.165) is 0 Å². The van der Waals surface area contributed by atoms with Crippen LogP contribution in [0.5, 0.6) is 0 Å². The molecule has 0 aromatic carbocycles. The molecule has 2 aliphatic heterocycles. The Labute approximate surface area is 177 Å². The van der Waals surface area contributed by atoms with Crippen LogP contribution < -0.4 is 11.1 Å². The second-order valence-electron chi connectivity index (χ2n) is 8.94. The third-order valence-electron chi connectivity index (χ3n) is 6.25. The number of carbonyl (C=O) groups excluding carboxylic acids is 4. The average Bonchev–Trinajstić information content (AvgIpc) is 3.08. The summed E-state index contributed by atoms with van der Waals surface area (Å²) in [6, 6.07) is -2.32. The molecule has 30 heavy (non-hydrogen) atoms. The molecule has 10 nitrogen and oxygen atoms in total. The fourth-order valence-electron chi connectivity index (χ4n) is 3.53. The van der Waals surface area contributed by atoms with Crippen molar-refractivity contribution in [3.63, 3.8) is 0 Å². The average molecular weight is 427 g/mol. The lowest BCUT2D eigenvalue weighted by Crippen LogP contribution is -2.59. The minimum absolute atomic E-state index is 0.244. The zero-order chi connectivity index (χ0) is 22.6. The number of carbonyl (C=O) groups is 4. The number of primary amides is 1. The molecule has 170 valence electrons. The van der Waals surface area contributed by atoms with Gasteiger partial charge < -0.3 is 30.3 Å². The Kier molecular flexibility index (Phi) is 7.81. The van der Waals surface area contributed by atoms with Crippen LogP contribution in [0.4, 0.5) is 4.79 Å². The molecule has 0 saturated carbocycles. The number of nitrogens with zero attached hydrogens (tertiary/aromatic N) is 2. The van der Waals surface area contributed by atoms with Gasteiger partial charge in [-0.25, -0.2) is 4.79 Å². The van der Waals surface area contributed by atoms with E-state index in [1.807, 2.05) is 27.7 Å². The van der Waals surface area contributed by atoms with E-state index >= 15 is 0 Å². The summed E-state index contributed by atoms with van der Waals surface area (Å²) < 4.78 is 10.5. The normalized spacial score (nSPS) is 23.4. The number of rotatable bonds is 7. The van der Waals surface area contributed by atoms with Gasteiger partial charge in [-0.2, -0.15) is 0 Å². The van der Waals surface area contributed by atoms with E-state index in [9.17, 15) is 19.2 Å². The van der Waals surface area contributed by atoms with Crippen LogP contribution in [0.15, 0.2) is 0 Å². The summed E-state index contributed by atoms with van der Waals surface area (Å²) in [5.74, 6) is -1.41. The van der Waals surface area contributed by atoms with Crippen LogP contribution in [0.3, 0.4) is 0 Å². The number of nitrogens with one attached hydrogen (secondary N) is 1. The predicted octanol–water partition coefficient (Wildman–Crippen LogP) is -0.251. The summed E-state index contributed by atoms with van der Waals surface area (Å²) in [5.41, 5.74) is 5.08. The molecule has 2 heterocycles. The first-order valence-corrected chi connectivity index (χ1v) is 10.3. The highest BCUT2D eigenvalue weighted by molar-refractivity contribution is 5.99. The van der Waals surface area contributed by atoms with Crippen LogP contribution in [-0.4, -0.2) is 91.6 Å². The topological polar surface area (TPSA) is 131 Å². The fourth-order valence-corrected chi connectivity index (χ4v) is 3.53. The minimum atomic E-state index is -1.19. The largest absolute Gasteiger partial charge is 0.378 e. The quantitative estimate of drug-likeness (QED) is 0.577. The van der Waals surface area contributed by atoms with Crippen LogP contribution in [0.25, 0.3) is 0 Å². The first kappa shape index (κ1) is 24.1. The van der Waals surface area contributed by atoms with Crippen molar-refractivity contribution in [2.24, 2.45) is 17.1 Å². The smallest absolute Gasteiger partial charge is 0.318 e. The number of likely N-dealkylation sites (N-methyl/N-ethyl adjacent to an activating group) is 1. The molecule has 0 spiro atoms. The monoisotopic (exact) mass is 426 g/mol. The lowest BCUT2D eigenvalue weighted by atomic mass is 9.76. The number of amides is 4. The SMILES string of the molecule is CC(C)C(C)(C)C[C@H](NC(=O)N1CCOCC1)C(=O)N(C)C1C(=O)COC1C(N)=O. The zero-order valence-corrected chi connectivity index (χ0v) is 18.5. The van der Waals surface area contributed by atoms with Crippen molar-refractivity contribution in [2.45, 2.75) is 52.3 Å². The predicted molar refractivity (Wildman–Crippen MR) is 108 cm³/mol. The zero-order valence-electron chi connectivity index (χ0n) is 18.5. The van der Waals surface area contributed by atoms with Crippen LogP contribution in [0.1, 0.15) is 34.1 Å². The molecule has 2 rings (SSSR count). The molecule has 10 heteroatoms. The van der Waals surface area contributed by atoms with Crippen molar-refractivity contribution in [1.82, 2.24) is 15.1 Å². The molecular formula is C20H34N4O6. The van der Waals surface area contributed by atoms with E-state index in [1.54, 1.807) is 4.90 Å². The van der Waals surface area contributed by atoms with Crippen molar-refractivity contribution in [1.29, 1.82) is 0 Å². The van der Waals surface area contributed by atoms with Gasteiger partial charge in [0, 0.05) is 20.1 Å². The van der Waals surface area contributed by atoms with Gasteiger partial charge in [0.25, 0.3) is 0 Å². The van der Waals surface area contributed by atoms with Crippen molar-refractivity contribution >= 4 is 23.6 Å². The van der Waals surface area contributed by atoms with Gasteiger partial charge in [0.2, 0.25) is 11.8 Å². The molecular weight excluding hydrogens is 392 g/mol. The van der Waals surface area contributed by atoms with Crippen molar-refractivity contribution in [3.05, 3.63) is 0 Å². The Balaban J connectivity index is 2.23. The van der Waals surface area contributed by atoms with Gasteiger partial charge >= 0.3 is 6.03 Å². The van der Waals surface area contributed by atoms with E-state index in [4.69, 9.17) is 15.2 Å². The Hall–Kier alpha value is -2.20. The number of ketones is 1. The fraction of sp³-hybridized carbons (Fsp3) is 0.800. The maximum absolute atomic E-state index is 13.4. The highest BCUT2D eigenvalue weighted by atomic mass is 16.5. The van der Waals surface area contributed by atoms with Gasteiger partial charge in [0.05, 0.1) is 13.2 Å². The van der Waals surface area contributed by atoms with Crippen molar-refractivity contribution < 1.29 is 28.7 Å². The van der Waals surface area contributed by atoms with Gasteiger partial charge in [-0.05, 0) is 17.8 Å². The number of urea groups is 1. The van der Waals surface area contributed by atoms with Crippen LogP contribution in [0.2, 0.25) is 0 Å². The van der Waals surface area contributed by atoms with Crippen molar-refractivity contribution in [2.75, 3.05) is 40.0 Å². The number of hydrogen-bond donors (Lipinski definition) is 2. The van der Waals surface area contributed by atoms with E-state index in [1.165, 1.54) is 11.9 Å². The molecule has 3 N–H and O–H groups in total. The van der Waals surface area contributed by atoms with Crippen molar-refractivity contribution in [3.8, 4) is 0 Å². The molecule has 4 amide bonds. The molecule has 2 unspecified atom stereocenters. The summed E-state index contributed by atoms with van der Waals surface area (Å²) in [4.78, 5) is 52.9. The second-order valence-corrected chi connectivity index (χ2v) is 8.94. The van der Waals surface area contributed by atoms with Crippen LogP contribution >= 0.6 is 0 Å². The first-order chi connectivity index (χ1) is 14.0. The molecule has 0 aromatic heterocycles.